The van der Waals surface area contributed by atoms with Crippen molar-refractivity contribution in [3.8, 4) is 0 Å². The molecule has 0 saturated heterocycles. The molecular formula is C9H17NO3S. The van der Waals surface area contributed by atoms with Crippen molar-refractivity contribution in [1.29, 1.82) is 0 Å². The van der Waals surface area contributed by atoms with Gasteiger partial charge in [0.15, 0.2) is 0 Å². The highest BCUT2D eigenvalue weighted by atomic mass is 32.2. The fourth-order valence-corrected chi connectivity index (χ4v) is 1.91. The molecule has 14 heavy (non-hydrogen) atoms. The molecule has 4 nitrogen and oxygen atoms in total. The second-order valence-corrected chi connectivity index (χ2v) is 4.60. The zero-order chi connectivity index (χ0) is 11.1. The Labute approximate surface area is 88.4 Å². The van der Waals surface area contributed by atoms with Crippen LogP contribution < -0.4 is 5.32 Å². The minimum Gasteiger partial charge on any atom is -0.480 e. The number of carboxylic acid groups (broad SMARTS) is 1. The van der Waals surface area contributed by atoms with E-state index in [4.69, 9.17) is 5.11 Å². The van der Waals surface area contributed by atoms with E-state index in [2.05, 4.69) is 19.2 Å². The molecule has 0 aliphatic heterocycles. The summed E-state index contributed by atoms with van der Waals surface area (Å²) in [7, 11) is 0. The Morgan fingerprint density at radius 1 is 1.36 bits per heavy atom. The number of carbonyl (C=O) groups excluding carboxylic acids is 1. The molecule has 5 heteroatoms. The summed E-state index contributed by atoms with van der Waals surface area (Å²) in [6.07, 6.45) is 0. The van der Waals surface area contributed by atoms with Crippen LogP contribution in [-0.4, -0.2) is 34.5 Å². The molecule has 0 rings (SSSR count). The molecule has 0 aliphatic carbocycles. The van der Waals surface area contributed by atoms with E-state index in [-0.39, 0.29) is 5.91 Å². The van der Waals surface area contributed by atoms with E-state index in [0.717, 1.165) is 5.75 Å². The maximum Gasteiger partial charge on any atom is 0.327 e. The second-order valence-electron chi connectivity index (χ2n) is 3.52. The molecule has 0 aromatic heterocycles. The van der Waals surface area contributed by atoms with Crippen molar-refractivity contribution in [2.75, 3.05) is 11.5 Å². The minimum atomic E-state index is -0.976. The third kappa shape index (κ3) is 6.77. The molecule has 0 spiro atoms. The molecule has 2 N–H and O–H groups in total. The molecule has 0 aromatic carbocycles. The van der Waals surface area contributed by atoms with Gasteiger partial charge in [0.25, 0.3) is 0 Å². The molecule has 0 aromatic rings. The lowest BCUT2D eigenvalue weighted by molar-refractivity contribution is -0.140. The summed E-state index contributed by atoms with van der Waals surface area (Å²) in [5, 5.41) is 11.2. The van der Waals surface area contributed by atoms with Gasteiger partial charge in [-0.15, -0.1) is 0 Å². The Balaban J connectivity index is 3.86. The highest BCUT2D eigenvalue weighted by molar-refractivity contribution is 7.99. The summed E-state index contributed by atoms with van der Waals surface area (Å²) >= 11 is 1.54. The van der Waals surface area contributed by atoms with E-state index in [9.17, 15) is 9.59 Å². The number of hydrogen-bond donors (Lipinski definition) is 2. The third-order valence-corrected chi connectivity index (χ3v) is 2.88. The van der Waals surface area contributed by atoms with E-state index in [1.807, 2.05) is 0 Å². The molecule has 0 saturated carbocycles. The van der Waals surface area contributed by atoms with Gasteiger partial charge < -0.3 is 10.4 Å². The highest BCUT2D eigenvalue weighted by Crippen LogP contribution is 2.09. The Kier molecular flexibility index (Phi) is 6.36. The van der Waals surface area contributed by atoms with Crippen LogP contribution in [0.1, 0.15) is 20.8 Å². The molecule has 1 atom stereocenters. The first-order chi connectivity index (χ1) is 6.43. The summed E-state index contributed by atoms with van der Waals surface area (Å²) < 4.78 is 0. The van der Waals surface area contributed by atoms with Gasteiger partial charge in [-0.05, 0) is 11.7 Å². The molecular weight excluding hydrogens is 202 g/mol. The average molecular weight is 219 g/mol. The Morgan fingerprint density at radius 3 is 2.29 bits per heavy atom. The van der Waals surface area contributed by atoms with Gasteiger partial charge in [0.2, 0.25) is 5.91 Å². The number of hydrogen-bond acceptors (Lipinski definition) is 3. The van der Waals surface area contributed by atoms with Crippen molar-refractivity contribution in [2.24, 2.45) is 5.92 Å². The van der Waals surface area contributed by atoms with Crippen molar-refractivity contribution >= 4 is 23.6 Å². The predicted molar refractivity (Wildman–Crippen MR) is 57.4 cm³/mol. The summed E-state index contributed by atoms with van der Waals surface area (Å²) in [6.45, 7) is 5.46. The van der Waals surface area contributed by atoms with Gasteiger partial charge in [-0.2, -0.15) is 11.8 Å². The van der Waals surface area contributed by atoms with Crippen LogP contribution in [0, 0.1) is 5.92 Å². The van der Waals surface area contributed by atoms with Crippen molar-refractivity contribution < 1.29 is 14.7 Å². The number of carboxylic acids is 1. The first kappa shape index (κ1) is 13.3. The van der Waals surface area contributed by atoms with E-state index in [0.29, 0.717) is 11.7 Å². The quantitative estimate of drug-likeness (QED) is 0.698. The van der Waals surface area contributed by atoms with Gasteiger partial charge in [-0.1, -0.05) is 13.8 Å². The fourth-order valence-electron chi connectivity index (χ4n) is 0.842. The molecule has 0 aliphatic rings. The maximum atomic E-state index is 10.7. The van der Waals surface area contributed by atoms with Crippen LogP contribution in [0.2, 0.25) is 0 Å². The lowest BCUT2D eigenvalue weighted by Crippen LogP contribution is -2.41. The van der Waals surface area contributed by atoms with Crippen LogP contribution in [0.3, 0.4) is 0 Å². The van der Waals surface area contributed by atoms with Gasteiger partial charge in [0.05, 0.1) is 0 Å². The van der Waals surface area contributed by atoms with Crippen molar-refractivity contribution in [3.63, 3.8) is 0 Å². The van der Waals surface area contributed by atoms with Crippen LogP contribution in [0.25, 0.3) is 0 Å². The van der Waals surface area contributed by atoms with Gasteiger partial charge >= 0.3 is 5.97 Å². The Bertz CT molecular complexity index is 206. The first-order valence-corrected chi connectivity index (χ1v) is 5.66. The van der Waals surface area contributed by atoms with E-state index < -0.39 is 12.0 Å². The van der Waals surface area contributed by atoms with Crippen LogP contribution in [0.4, 0.5) is 0 Å². The maximum absolute atomic E-state index is 10.7. The Hall–Kier alpha value is -0.710. The van der Waals surface area contributed by atoms with Crippen LogP contribution in [0.5, 0.6) is 0 Å². The molecule has 1 amide bonds. The van der Waals surface area contributed by atoms with Gasteiger partial charge in [-0.25, -0.2) is 4.79 Å². The molecule has 0 bridgehead atoms. The van der Waals surface area contributed by atoms with Crippen molar-refractivity contribution in [2.45, 2.75) is 26.8 Å². The SMILES string of the molecule is CC(=O)NC(CSCC(C)C)C(=O)O. The highest BCUT2D eigenvalue weighted by Gasteiger charge is 2.17. The van der Waals surface area contributed by atoms with Gasteiger partial charge in [0, 0.05) is 12.7 Å². The summed E-state index contributed by atoms with van der Waals surface area (Å²) in [5.41, 5.74) is 0. The number of thioether (sulfide) groups is 1. The summed E-state index contributed by atoms with van der Waals surface area (Å²) in [6, 6.07) is -0.767. The summed E-state index contributed by atoms with van der Waals surface area (Å²) in [4.78, 5) is 21.4. The van der Waals surface area contributed by atoms with E-state index >= 15 is 0 Å². The number of carbonyl (C=O) groups is 2. The number of amides is 1. The Morgan fingerprint density at radius 2 is 1.93 bits per heavy atom. The molecule has 82 valence electrons. The van der Waals surface area contributed by atoms with E-state index in [1.165, 1.54) is 6.92 Å². The topological polar surface area (TPSA) is 66.4 Å². The van der Waals surface area contributed by atoms with Crippen LogP contribution >= 0.6 is 11.8 Å². The number of nitrogens with one attached hydrogen (secondary N) is 1. The monoisotopic (exact) mass is 219 g/mol. The van der Waals surface area contributed by atoms with Crippen molar-refractivity contribution in [3.05, 3.63) is 0 Å². The largest absolute Gasteiger partial charge is 0.480 e. The van der Waals surface area contributed by atoms with Gasteiger partial charge in [0.1, 0.15) is 6.04 Å². The van der Waals surface area contributed by atoms with E-state index in [1.54, 1.807) is 11.8 Å². The lowest BCUT2D eigenvalue weighted by Gasteiger charge is -2.13. The summed E-state index contributed by atoms with van der Waals surface area (Å²) in [5.74, 6) is 0.585. The van der Waals surface area contributed by atoms with Crippen LogP contribution in [-0.2, 0) is 9.59 Å². The third-order valence-electron chi connectivity index (χ3n) is 1.41. The molecule has 0 fully saturated rings. The zero-order valence-corrected chi connectivity index (χ0v) is 9.56. The standard InChI is InChI=1S/C9H17NO3S/c1-6(2)4-14-5-8(9(12)13)10-7(3)11/h6,8H,4-5H2,1-3H3,(H,10,11)(H,12,13). The average Bonchev–Trinajstić information content (AvgIpc) is 2.00. The van der Waals surface area contributed by atoms with Crippen LogP contribution in [0.15, 0.2) is 0 Å². The fraction of sp³-hybridized carbons (Fsp3) is 0.778. The number of aliphatic carboxylic acids is 1. The van der Waals surface area contributed by atoms with Crippen molar-refractivity contribution in [1.82, 2.24) is 5.32 Å². The predicted octanol–water partition coefficient (Wildman–Crippen LogP) is 0.965. The molecule has 0 radical (unpaired) electrons. The van der Waals surface area contributed by atoms with Gasteiger partial charge in [-0.3, -0.25) is 4.79 Å². The lowest BCUT2D eigenvalue weighted by atomic mass is 10.3. The smallest absolute Gasteiger partial charge is 0.327 e. The zero-order valence-electron chi connectivity index (χ0n) is 8.74. The molecule has 1 unspecified atom stereocenters. The number of rotatable bonds is 6. The normalized spacial score (nSPS) is 12.6. The molecule has 0 heterocycles. The second kappa shape index (κ2) is 6.70. The minimum absolute atomic E-state index is 0.303. The first-order valence-electron chi connectivity index (χ1n) is 4.51.